The molecule has 9 nitrogen and oxygen atoms in total. The van der Waals surface area contributed by atoms with Gasteiger partial charge in [0.25, 0.3) is 5.56 Å². The monoisotopic (exact) mass is 366 g/mol. The molecule has 27 heavy (non-hydrogen) atoms. The summed E-state index contributed by atoms with van der Waals surface area (Å²) in [5, 5.41) is 10.9. The van der Waals surface area contributed by atoms with E-state index >= 15 is 0 Å². The molecule has 0 aliphatic carbocycles. The number of hydrogen-bond donors (Lipinski definition) is 1. The number of aromatic nitrogens is 5. The summed E-state index contributed by atoms with van der Waals surface area (Å²) in [6.45, 7) is 0.132. The first-order valence-electron chi connectivity index (χ1n) is 7.81. The first-order valence-corrected chi connectivity index (χ1v) is 7.81. The van der Waals surface area contributed by atoms with Crippen molar-refractivity contribution in [3.63, 3.8) is 0 Å². The van der Waals surface area contributed by atoms with Gasteiger partial charge in [0.2, 0.25) is 0 Å². The lowest BCUT2D eigenvalue weighted by molar-refractivity contribution is 0.421. The van der Waals surface area contributed by atoms with E-state index in [-0.39, 0.29) is 23.9 Å². The van der Waals surface area contributed by atoms with Crippen molar-refractivity contribution in [3.05, 3.63) is 75.5 Å². The molecule has 0 saturated heterocycles. The van der Waals surface area contributed by atoms with Gasteiger partial charge in [0.15, 0.2) is 11.5 Å². The molecule has 0 aliphatic heterocycles. The average Bonchev–Trinajstić information content (AvgIpc) is 3.33. The first kappa shape index (κ1) is 16.5. The molecule has 0 saturated carbocycles. The zero-order chi connectivity index (χ0) is 18.8. The van der Waals surface area contributed by atoms with E-state index in [0.717, 1.165) is 6.20 Å². The molecular formula is C17H11FN6O3. The number of hydrogen-bond acceptors (Lipinski definition) is 7. The van der Waals surface area contributed by atoms with Crippen molar-refractivity contribution in [2.75, 3.05) is 0 Å². The topological polar surface area (TPSA) is 119 Å². The molecular weight excluding hydrogens is 355 g/mol. The van der Waals surface area contributed by atoms with E-state index in [1.165, 1.54) is 17.0 Å². The van der Waals surface area contributed by atoms with Crippen molar-refractivity contribution in [3.8, 4) is 22.9 Å². The minimum Gasteiger partial charge on any atom is -0.364 e. The molecule has 0 amide bonds. The Balaban J connectivity index is 1.81. The molecule has 3 aromatic heterocycles. The fourth-order valence-electron chi connectivity index (χ4n) is 2.58. The Hall–Kier alpha value is -3.95. The van der Waals surface area contributed by atoms with Crippen LogP contribution in [0.3, 0.4) is 0 Å². The Labute approximate surface area is 150 Å². The van der Waals surface area contributed by atoms with E-state index in [1.807, 2.05) is 0 Å². The molecule has 0 aliphatic rings. The average molecular weight is 366 g/mol. The second kappa shape index (κ2) is 6.75. The van der Waals surface area contributed by atoms with E-state index in [0.29, 0.717) is 22.6 Å². The highest BCUT2D eigenvalue weighted by molar-refractivity contribution is 5.62. The summed E-state index contributed by atoms with van der Waals surface area (Å²) in [7, 11) is 0. The van der Waals surface area contributed by atoms with Crippen LogP contribution in [-0.2, 0) is 6.54 Å². The minimum atomic E-state index is -0.679. The number of benzene rings is 1. The summed E-state index contributed by atoms with van der Waals surface area (Å²) in [5.74, 6) is -0.224. The van der Waals surface area contributed by atoms with Crippen LogP contribution in [0, 0.1) is 10.7 Å². The van der Waals surface area contributed by atoms with Crippen LogP contribution in [0.4, 0.5) is 10.1 Å². The van der Waals surface area contributed by atoms with Gasteiger partial charge >= 0.3 is 0 Å². The minimum absolute atomic E-state index is 0.132. The van der Waals surface area contributed by atoms with E-state index in [1.54, 1.807) is 30.3 Å². The molecule has 4 rings (SSSR count). The second-order valence-corrected chi connectivity index (χ2v) is 5.59. The van der Waals surface area contributed by atoms with E-state index in [9.17, 15) is 14.1 Å². The van der Waals surface area contributed by atoms with E-state index in [2.05, 4.69) is 25.4 Å². The van der Waals surface area contributed by atoms with Gasteiger partial charge in [0.05, 0.1) is 18.4 Å². The maximum Gasteiger partial charge on any atom is 0.280 e. The molecule has 0 spiro atoms. The third-order valence-electron chi connectivity index (χ3n) is 3.88. The molecule has 3 heterocycles. The third kappa shape index (κ3) is 3.15. The summed E-state index contributed by atoms with van der Waals surface area (Å²) < 4.78 is 20.4. The zero-order valence-electron chi connectivity index (χ0n) is 13.7. The van der Waals surface area contributed by atoms with Gasteiger partial charge in [-0.15, -0.1) is 4.91 Å². The molecule has 1 aromatic carbocycles. The predicted molar refractivity (Wildman–Crippen MR) is 92.5 cm³/mol. The van der Waals surface area contributed by atoms with Crippen LogP contribution in [0.2, 0.25) is 0 Å². The Morgan fingerprint density at radius 1 is 1.22 bits per heavy atom. The quantitative estimate of drug-likeness (QED) is 0.542. The van der Waals surface area contributed by atoms with Crippen LogP contribution in [0.15, 0.2) is 63.4 Å². The Morgan fingerprint density at radius 3 is 2.78 bits per heavy atom. The fourth-order valence-corrected chi connectivity index (χ4v) is 2.58. The molecule has 0 unspecified atom stereocenters. The first-order chi connectivity index (χ1) is 13.2. The van der Waals surface area contributed by atoms with Crippen LogP contribution >= 0.6 is 0 Å². The summed E-state index contributed by atoms with van der Waals surface area (Å²) in [6.07, 6.45) is 2.47. The lowest BCUT2D eigenvalue weighted by Gasteiger charge is -2.06. The Morgan fingerprint density at radius 2 is 2.07 bits per heavy atom. The summed E-state index contributed by atoms with van der Waals surface area (Å²) in [5.41, 5.74) is 0.765. The number of H-pyrrole nitrogens is 1. The SMILES string of the molecule is O=Nc1cnc(-c2cc(-c3ccon3)n(Cc3ccccc3F)n2)[nH]c1=O. The second-order valence-electron chi connectivity index (χ2n) is 5.59. The number of rotatable bonds is 5. The number of nitrogens with one attached hydrogen (secondary N) is 1. The van der Waals surface area contributed by atoms with Gasteiger partial charge in [0.1, 0.15) is 23.5 Å². The van der Waals surface area contributed by atoms with Crippen molar-refractivity contribution in [2.24, 2.45) is 5.18 Å². The summed E-state index contributed by atoms with van der Waals surface area (Å²) in [6, 6.07) is 9.60. The maximum atomic E-state index is 14.0. The van der Waals surface area contributed by atoms with Gasteiger partial charge < -0.3 is 9.51 Å². The van der Waals surface area contributed by atoms with Gasteiger partial charge in [-0.05, 0) is 17.3 Å². The molecule has 0 fully saturated rings. The van der Waals surface area contributed by atoms with Crippen molar-refractivity contribution in [1.29, 1.82) is 0 Å². The Bertz CT molecular complexity index is 1170. The molecule has 0 radical (unpaired) electrons. The van der Waals surface area contributed by atoms with Crippen molar-refractivity contribution >= 4 is 5.69 Å². The molecule has 4 aromatic rings. The van der Waals surface area contributed by atoms with Gasteiger partial charge in [-0.3, -0.25) is 9.48 Å². The third-order valence-corrected chi connectivity index (χ3v) is 3.88. The van der Waals surface area contributed by atoms with Gasteiger partial charge in [-0.1, -0.05) is 23.4 Å². The zero-order valence-corrected chi connectivity index (χ0v) is 13.7. The number of halogens is 1. The van der Waals surface area contributed by atoms with Crippen LogP contribution in [-0.4, -0.2) is 24.9 Å². The van der Waals surface area contributed by atoms with Crippen molar-refractivity contribution < 1.29 is 8.91 Å². The van der Waals surface area contributed by atoms with Crippen LogP contribution < -0.4 is 5.56 Å². The number of nitrogens with zero attached hydrogens (tertiary/aromatic N) is 5. The molecule has 0 atom stereocenters. The van der Waals surface area contributed by atoms with Crippen molar-refractivity contribution in [1.82, 2.24) is 24.9 Å². The summed E-state index contributed by atoms with van der Waals surface area (Å²) in [4.78, 5) is 28.8. The number of nitroso groups, excluding NO2 is 1. The molecule has 134 valence electrons. The van der Waals surface area contributed by atoms with Crippen molar-refractivity contribution in [2.45, 2.75) is 6.54 Å². The molecule has 1 N–H and O–H groups in total. The van der Waals surface area contributed by atoms with Crippen LogP contribution in [0.25, 0.3) is 22.9 Å². The highest BCUT2D eigenvalue weighted by Gasteiger charge is 2.17. The smallest absolute Gasteiger partial charge is 0.280 e. The number of aromatic amines is 1. The highest BCUT2D eigenvalue weighted by Crippen LogP contribution is 2.24. The molecule has 0 bridgehead atoms. The predicted octanol–water partition coefficient (Wildman–Crippen LogP) is 2.87. The van der Waals surface area contributed by atoms with Crippen LogP contribution in [0.5, 0.6) is 0 Å². The maximum absolute atomic E-state index is 14.0. The lowest BCUT2D eigenvalue weighted by Crippen LogP contribution is -2.09. The lowest BCUT2D eigenvalue weighted by atomic mass is 10.2. The van der Waals surface area contributed by atoms with Crippen LogP contribution in [0.1, 0.15) is 5.56 Å². The van der Waals surface area contributed by atoms with Gasteiger partial charge in [0, 0.05) is 11.6 Å². The van der Waals surface area contributed by atoms with E-state index < -0.39 is 5.56 Å². The largest absolute Gasteiger partial charge is 0.364 e. The van der Waals surface area contributed by atoms with Gasteiger partial charge in [-0.25, -0.2) is 9.37 Å². The summed E-state index contributed by atoms with van der Waals surface area (Å²) >= 11 is 0. The van der Waals surface area contributed by atoms with E-state index in [4.69, 9.17) is 4.52 Å². The molecule has 10 heteroatoms. The van der Waals surface area contributed by atoms with Gasteiger partial charge in [-0.2, -0.15) is 5.10 Å². The Kier molecular flexibility index (Phi) is 4.13. The highest BCUT2D eigenvalue weighted by atomic mass is 19.1. The normalized spacial score (nSPS) is 10.9. The standard InChI is InChI=1S/C17H11FN6O3/c18-11-4-2-1-3-10(11)9-24-15(12-5-6-27-23-12)7-13(21-24)16-19-8-14(22-26)17(25)20-16/h1-8H,9H2,(H,19,20,25). The fraction of sp³-hybridized carbons (Fsp3) is 0.0588.